The Labute approximate surface area is 149 Å². The van der Waals surface area contributed by atoms with Gasteiger partial charge in [0.05, 0.1) is 5.30 Å². The van der Waals surface area contributed by atoms with Gasteiger partial charge in [-0.3, -0.25) is 9.36 Å². The fourth-order valence-electron chi connectivity index (χ4n) is 2.79. The highest BCUT2D eigenvalue weighted by Gasteiger charge is 2.35. The summed E-state index contributed by atoms with van der Waals surface area (Å²) in [5.74, 6) is -0.723. The van der Waals surface area contributed by atoms with Crippen molar-refractivity contribution in [1.82, 2.24) is 4.98 Å². The summed E-state index contributed by atoms with van der Waals surface area (Å²) in [4.78, 5) is 14.9. The smallest absolute Gasteiger partial charge is 0.266 e. The van der Waals surface area contributed by atoms with Crippen LogP contribution in [0.2, 0.25) is 5.02 Å². The average molecular weight is 375 g/mol. The molecule has 1 heterocycles. The summed E-state index contributed by atoms with van der Waals surface area (Å²) in [5, 5.41) is 1.65. The molecule has 0 spiro atoms. The maximum Gasteiger partial charge on any atom is 0.266 e. The predicted octanol–water partition coefficient (Wildman–Crippen LogP) is 3.44. The molecule has 0 aliphatic carbocycles. The van der Waals surface area contributed by atoms with Crippen LogP contribution in [-0.2, 0) is 9.09 Å². The number of aromatic amines is 1. The van der Waals surface area contributed by atoms with Crippen molar-refractivity contribution >= 4 is 52.5 Å². The first kappa shape index (κ1) is 17.5. The molecule has 0 fully saturated rings. The maximum atomic E-state index is 13.8. The molecule has 2 aromatic carbocycles. The van der Waals surface area contributed by atoms with Crippen LogP contribution in [0.25, 0.3) is 17.0 Å². The zero-order valence-corrected chi connectivity index (χ0v) is 15.1. The monoisotopic (exact) mass is 374 g/mol. The summed E-state index contributed by atoms with van der Waals surface area (Å²) >= 11 is 6.09. The number of H-pyrrole nitrogens is 1. The highest BCUT2D eigenvalue weighted by molar-refractivity contribution is 7.75. The lowest BCUT2D eigenvalue weighted by molar-refractivity contribution is 0.0997. The van der Waals surface area contributed by atoms with E-state index < -0.39 is 13.3 Å². The van der Waals surface area contributed by atoms with Gasteiger partial charge < -0.3 is 15.2 Å². The topological polar surface area (TPSA) is 85.2 Å². The summed E-state index contributed by atoms with van der Waals surface area (Å²) in [6.45, 7) is 3.72. The molecular formula is C18H16ClN2O3P. The minimum absolute atomic E-state index is 0.0476. The molecule has 7 heteroatoms. The summed E-state index contributed by atoms with van der Waals surface area (Å²) in [5.41, 5.74) is 6.94. The van der Waals surface area contributed by atoms with Gasteiger partial charge in [0.2, 0.25) is 0 Å². The van der Waals surface area contributed by atoms with Crippen LogP contribution >= 0.6 is 19.0 Å². The van der Waals surface area contributed by atoms with Gasteiger partial charge in [0.15, 0.2) is 0 Å². The quantitative estimate of drug-likeness (QED) is 0.671. The number of benzene rings is 2. The lowest BCUT2D eigenvalue weighted by Crippen LogP contribution is -2.25. The minimum atomic E-state index is -3.59. The Morgan fingerprint density at radius 1 is 1.32 bits per heavy atom. The molecule has 3 aromatic rings. The van der Waals surface area contributed by atoms with Crippen LogP contribution < -0.4 is 16.3 Å². The van der Waals surface area contributed by atoms with Crippen LogP contribution in [0.1, 0.15) is 16.1 Å². The second-order valence-electron chi connectivity index (χ2n) is 5.44. The van der Waals surface area contributed by atoms with E-state index in [1.165, 1.54) is 7.11 Å². The number of halogens is 1. The molecule has 0 aliphatic heterocycles. The first-order valence-electron chi connectivity index (χ1n) is 7.41. The number of aromatic nitrogens is 1. The van der Waals surface area contributed by atoms with E-state index in [4.69, 9.17) is 21.9 Å². The SMILES string of the molecule is C=Cc1cccc(P(=O)(OC)c2c(C(N)=O)[nH]c3ccc(Cl)cc23)c1. The Hall–Kier alpha value is -2.33. The van der Waals surface area contributed by atoms with E-state index in [1.807, 2.05) is 6.07 Å². The fourth-order valence-corrected chi connectivity index (χ4v) is 5.18. The fraction of sp³-hybridized carbons (Fsp3) is 0.0556. The number of carbonyl (C=O) groups is 1. The largest absolute Gasteiger partial charge is 0.364 e. The molecule has 3 rings (SSSR count). The Bertz CT molecular complexity index is 1040. The van der Waals surface area contributed by atoms with Crippen LogP contribution in [0.5, 0.6) is 0 Å². The number of hydrogen-bond acceptors (Lipinski definition) is 3. The van der Waals surface area contributed by atoms with Crippen molar-refractivity contribution < 1.29 is 13.9 Å². The van der Waals surface area contributed by atoms with E-state index >= 15 is 0 Å². The van der Waals surface area contributed by atoms with Crippen molar-refractivity contribution in [1.29, 1.82) is 0 Å². The number of carbonyl (C=O) groups excluding carboxylic acids is 1. The van der Waals surface area contributed by atoms with Crippen LogP contribution in [0, 0.1) is 0 Å². The highest BCUT2D eigenvalue weighted by Crippen LogP contribution is 2.47. The van der Waals surface area contributed by atoms with E-state index in [1.54, 1.807) is 42.5 Å². The zero-order chi connectivity index (χ0) is 18.2. The lowest BCUT2D eigenvalue weighted by Gasteiger charge is -2.18. The van der Waals surface area contributed by atoms with E-state index in [-0.39, 0.29) is 11.0 Å². The molecule has 25 heavy (non-hydrogen) atoms. The molecule has 128 valence electrons. The first-order valence-corrected chi connectivity index (χ1v) is 9.41. The van der Waals surface area contributed by atoms with Gasteiger partial charge in [0.1, 0.15) is 5.69 Å². The predicted molar refractivity (Wildman–Crippen MR) is 102 cm³/mol. The van der Waals surface area contributed by atoms with Gasteiger partial charge in [-0.2, -0.15) is 0 Å². The van der Waals surface area contributed by atoms with E-state index in [2.05, 4.69) is 11.6 Å². The molecule has 1 aromatic heterocycles. The second-order valence-corrected chi connectivity index (χ2v) is 8.30. The van der Waals surface area contributed by atoms with Gasteiger partial charge >= 0.3 is 0 Å². The normalized spacial score (nSPS) is 13.5. The van der Waals surface area contributed by atoms with E-state index in [9.17, 15) is 9.36 Å². The Balaban J connectivity index is 2.39. The minimum Gasteiger partial charge on any atom is -0.364 e. The summed E-state index contributed by atoms with van der Waals surface area (Å²) in [7, 11) is -2.25. The summed E-state index contributed by atoms with van der Waals surface area (Å²) in [6.07, 6.45) is 1.64. The first-order chi connectivity index (χ1) is 11.9. The van der Waals surface area contributed by atoms with Gasteiger partial charge in [-0.15, -0.1) is 0 Å². The van der Waals surface area contributed by atoms with E-state index in [0.717, 1.165) is 5.56 Å². The van der Waals surface area contributed by atoms with Crippen LogP contribution in [0.4, 0.5) is 0 Å². The molecule has 1 amide bonds. The number of hydrogen-bond donors (Lipinski definition) is 2. The summed E-state index contributed by atoms with van der Waals surface area (Å²) < 4.78 is 19.3. The van der Waals surface area contributed by atoms with Crippen molar-refractivity contribution in [3.8, 4) is 0 Å². The molecule has 3 N–H and O–H groups in total. The molecule has 0 saturated carbocycles. The maximum absolute atomic E-state index is 13.8. The molecule has 0 bridgehead atoms. The number of rotatable bonds is 5. The highest BCUT2D eigenvalue weighted by atomic mass is 35.5. The van der Waals surface area contributed by atoms with Crippen molar-refractivity contribution in [2.75, 3.05) is 7.11 Å². The Kier molecular flexibility index (Phi) is 4.56. The van der Waals surface area contributed by atoms with Crippen molar-refractivity contribution in [2.24, 2.45) is 5.73 Å². The Morgan fingerprint density at radius 3 is 2.72 bits per heavy atom. The van der Waals surface area contributed by atoms with Gasteiger partial charge in [0, 0.05) is 28.3 Å². The van der Waals surface area contributed by atoms with Crippen molar-refractivity contribution in [2.45, 2.75) is 0 Å². The summed E-state index contributed by atoms with van der Waals surface area (Å²) in [6, 6.07) is 12.0. The number of amides is 1. The second kappa shape index (κ2) is 6.52. The molecular weight excluding hydrogens is 359 g/mol. The zero-order valence-electron chi connectivity index (χ0n) is 13.5. The molecule has 1 atom stereocenters. The van der Waals surface area contributed by atoms with Gasteiger partial charge in [-0.1, -0.05) is 36.4 Å². The molecule has 0 radical (unpaired) electrons. The number of nitrogens with one attached hydrogen (secondary N) is 1. The van der Waals surface area contributed by atoms with Crippen molar-refractivity contribution in [3.63, 3.8) is 0 Å². The van der Waals surface area contributed by atoms with Crippen LogP contribution in [0.15, 0.2) is 49.0 Å². The van der Waals surface area contributed by atoms with Crippen molar-refractivity contribution in [3.05, 3.63) is 65.3 Å². The number of primary amides is 1. The number of fused-ring (bicyclic) bond motifs is 1. The molecule has 5 nitrogen and oxygen atoms in total. The van der Waals surface area contributed by atoms with Crippen LogP contribution in [0.3, 0.4) is 0 Å². The Morgan fingerprint density at radius 2 is 2.08 bits per heavy atom. The van der Waals surface area contributed by atoms with Gasteiger partial charge in [-0.05, 0) is 35.9 Å². The third kappa shape index (κ3) is 2.91. The third-order valence-electron chi connectivity index (χ3n) is 3.98. The van der Waals surface area contributed by atoms with Gasteiger partial charge in [-0.25, -0.2) is 0 Å². The number of nitrogens with two attached hydrogens (primary N) is 1. The van der Waals surface area contributed by atoms with Gasteiger partial charge in [0.25, 0.3) is 13.3 Å². The third-order valence-corrected chi connectivity index (χ3v) is 6.74. The van der Waals surface area contributed by atoms with Crippen LogP contribution in [-0.4, -0.2) is 18.0 Å². The average Bonchev–Trinajstić information content (AvgIpc) is 3.00. The standard InChI is InChI=1S/C18H16ClN2O3P/c1-3-11-5-4-6-13(9-11)25(23,24-2)17-14-10-12(19)7-8-15(14)21-16(17)18(20)22/h3-10,21H,1H2,2H3,(H2,20,22). The lowest BCUT2D eigenvalue weighted by atomic mass is 10.2. The molecule has 1 unspecified atom stereocenters. The molecule has 0 saturated heterocycles. The van der Waals surface area contributed by atoms with E-state index in [0.29, 0.717) is 21.2 Å². The molecule has 0 aliphatic rings.